The molecule has 0 aromatic heterocycles. The molecule has 4 nitrogen and oxygen atoms in total. The van der Waals surface area contributed by atoms with Crippen LogP contribution in [0.3, 0.4) is 0 Å². The van der Waals surface area contributed by atoms with Crippen molar-refractivity contribution in [1.29, 1.82) is 0 Å². The Morgan fingerprint density at radius 2 is 1.86 bits per heavy atom. The summed E-state index contributed by atoms with van der Waals surface area (Å²) in [6, 6.07) is 7.33. The van der Waals surface area contributed by atoms with Gasteiger partial charge in [0.2, 0.25) is 10.0 Å². The fraction of sp³-hybridized carbons (Fsp3) is 0.625. The molecule has 0 N–H and O–H groups in total. The van der Waals surface area contributed by atoms with Gasteiger partial charge in [0.25, 0.3) is 0 Å². The summed E-state index contributed by atoms with van der Waals surface area (Å²) in [6.45, 7) is 7.13. The highest BCUT2D eigenvalue weighted by atomic mass is 32.2. The van der Waals surface area contributed by atoms with Crippen molar-refractivity contribution in [3.63, 3.8) is 0 Å². The summed E-state index contributed by atoms with van der Waals surface area (Å²) in [7, 11) is -1.66. The molecule has 1 aliphatic rings. The normalized spacial score (nSPS) is 18.3. The van der Waals surface area contributed by atoms with Gasteiger partial charge in [-0.15, -0.1) is 0 Å². The maximum Gasteiger partial charge on any atom is 0.243 e. The third kappa shape index (κ3) is 3.65. The van der Waals surface area contributed by atoms with Gasteiger partial charge >= 0.3 is 0 Å². The molecule has 0 spiro atoms. The third-order valence-corrected chi connectivity index (χ3v) is 6.43. The molecular formula is C16H26N2O2S. The first-order chi connectivity index (χ1) is 9.96. The highest BCUT2D eigenvalue weighted by Crippen LogP contribution is 2.24. The Balaban J connectivity index is 2.10. The Morgan fingerprint density at radius 3 is 2.43 bits per heavy atom. The van der Waals surface area contributed by atoms with Crippen molar-refractivity contribution < 1.29 is 8.42 Å². The zero-order chi connectivity index (χ0) is 15.5. The van der Waals surface area contributed by atoms with Gasteiger partial charge in [0.1, 0.15) is 0 Å². The number of aryl methyl sites for hydroxylation is 1. The molecule has 1 heterocycles. The van der Waals surface area contributed by atoms with E-state index in [1.807, 2.05) is 19.1 Å². The Bertz CT molecular complexity index is 563. The molecule has 1 fully saturated rings. The van der Waals surface area contributed by atoms with E-state index in [2.05, 4.69) is 11.8 Å². The molecule has 0 amide bonds. The van der Waals surface area contributed by atoms with Crippen LogP contribution >= 0.6 is 0 Å². The van der Waals surface area contributed by atoms with E-state index in [1.165, 1.54) is 0 Å². The van der Waals surface area contributed by atoms with Crippen molar-refractivity contribution in [1.82, 2.24) is 9.21 Å². The van der Waals surface area contributed by atoms with E-state index in [9.17, 15) is 8.42 Å². The van der Waals surface area contributed by atoms with Crippen molar-refractivity contribution in [2.75, 3.05) is 26.7 Å². The maximum atomic E-state index is 12.8. The number of rotatable bonds is 5. The van der Waals surface area contributed by atoms with E-state index in [0.29, 0.717) is 4.90 Å². The van der Waals surface area contributed by atoms with Crippen LogP contribution in [0, 0.1) is 6.92 Å². The Labute approximate surface area is 128 Å². The van der Waals surface area contributed by atoms with Gasteiger partial charge in [0.05, 0.1) is 4.90 Å². The van der Waals surface area contributed by atoms with Crippen LogP contribution in [0.4, 0.5) is 0 Å². The van der Waals surface area contributed by atoms with Crippen molar-refractivity contribution in [3.8, 4) is 0 Å². The van der Waals surface area contributed by atoms with Crippen molar-refractivity contribution in [2.45, 2.75) is 44.0 Å². The van der Waals surface area contributed by atoms with Crippen LogP contribution in [0.25, 0.3) is 0 Å². The van der Waals surface area contributed by atoms with Gasteiger partial charge in [-0.05, 0) is 57.5 Å². The molecule has 0 radical (unpaired) electrons. The zero-order valence-corrected chi connectivity index (χ0v) is 14.1. The van der Waals surface area contributed by atoms with Crippen LogP contribution in [0.1, 0.15) is 31.7 Å². The van der Waals surface area contributed by atoms with E-state index in [4.69, 9.17) is 0 Å². The summed E-state index contributed by atoms with van der Waals surface area (Å²) in [5, 5.41) is 0. The second-order valence-electron chi connectivity index (χ2n) is 5.86. The standard InChI is InChI=1S/C16H26N2O2S/c1-4-11-18-12-9-15(10-13-18)17(3)21(19,20)16-8-6-5-7-14(16)2/h5-8,15H,4,9-13H2,1-3H3. The van der Waals surface area contributed by atoms with Crippen LogP contribution in [0.2, 0.25) is 0 Å². The molecule has 0 unspecified atom stereocenters. The topological polar surface area (TPSA) is 40.6 Å². The van der Waals surface area contributed by atoms with Crippen LogP contribution in [-0.2, 0) is 10.0 Å². The Kier molecular flexibility index (Phi) is 5.41. The fourth-order valence-corrected chi connectivity index (χ4v) is 4.66. The van der Waals surface area contributed by atoms with Gasteiger partial charge in [0, 0.05) is 13.1 Å². The van der Waals surface area contributed by atoms with Crippen LogP contribution < -0.4 is 0 Å². The summed E-state index contributed by atoms with van der Waals surface area (Å²) in [5.74, 6) is 0. The summed E-state index contributed by atoms with van der Waals surface area (Å²) < 4.78 is 27.1. The van der Waals surface area contributed by atoms with Crippen LogP contribution in [0.5, 0.6) is 0 Å². The quantitative estimate of drug-likeness (QED) is 0.839. The molecule has 1 aromatic carbocycles. The summed E-state index contributed by atoms with van der Waals surface area (Å²) in [5.41, 5.74) is 0.813. The number of nitrogens with zero attached hydrogens (tertiary/aromatic N) is 2. The largest absolute Gasteiger partial charge is 0.303 e. The third-order valence-electron chi connectivity index (χ3n) is 4.36. The predicted molar refractivity (Wildman–Crippen MR) is 85.9 cm³/mol. The number of likely N-dealkylation sites (tertiary alicyclic amines) is 1. The van der Waals surface area contributed by atoms with Gasteiger partial charge in [-0.25, -0.2) is 8.42 Å². The number of hydrogen-bond donors (Lipinski definition) is 0. The van der Waals surface area contributed by atoms with Gasteiger partial charge < -0.3 is 4.90 Å². The lowest BCUT2D eigenvalue weighted by Gasteiger charge is -2.36. The maximum absolute atomic E-state index is 12.8. The smallest absolute Gasteiger partial charge is 0.243 e. The molecule has 0 aliphatic carbocycles. The van der Waals surface area contributed by atoms with Gasteiger partial charge in [-0.1, -0.05) is 25.1 Å². The highest BCUT2D eigenvalue weighted by Gasteiger charge is 2.31. The first-order valence-electron chi connectivity index (χ1n) is 7.73. The lowest BCUT2D eigenvalue weighted by Crippen LogP contribution is -2.45. The molecule has 1 aromatic rings. The Morgan fingerprint density at radius 1 is 1.24 bits per heavy atom. The molecule has 118 valence electrons. The lowest BCUT2D eigenvalue weighted by molar-refractivity contribution is 0.170. The first kappa shape index (κ1) is 16.5. The van der Waals surface area contributed by atoms with Crippen molar-refractivity contribution in [2.24, 2.45) is 0 Å². The molecular weight excluding hydrogens is 284 g/mol. The summed E-state index contributed by atoms with van der Waals surface area (Å²) >= 11 is 0. The highest BCUT2D eigenvalue weighted by molar-refractivity contribution is 7.89. The second-order valence-corrected chi connectivity index (χ2v) is 7.83. The average Bonchev–Trinajstić information content (AvgIpc) is 2.48. The van der Waals surface area contributed by atoms with E-state index < -0.39 is 10.0 Å². The monoisotopic (exact) mass is 310 g/mol. The van der Waals surface area contributed by atoms with E-state index in [-0.39, 0.29) is 6.04 Å². The number of hydrogen-bond acceptors (Lipinski definition) is 3. The molecule has 5 heteroatoms. The van der Waals surface area contributed by atoms with Crippen molar-refractivity contribution >= 4 is 10.0 Å². The summed E-state index contributed by atoms with van der Waals surface area (Å²) in [4.78, 5) is 2.86. The first-order valence-corrected chi connectivity index (χ1v) is 9.17. The number of piperidine rings is 1. The molecule has 0 atom stereocenters. The lowest BCUT2D eigenvalue weighted by atomic mass is 10.1. The number of benzene rings is 1. The fourth-order valence-electron chi connectivity index (χ4n) is 3.02. The molecule has 0 bridgehead atoms. The minimum Gasteiger partial charge on any atom is -0.303 e. The van der Waals surface area contributed by atoms with E-state index in [0.717, 1.165) is 44.5 Å². The molecule has 1 saturated heterocycles. The van der Waals surface area contributed by atoms with Gasteiger partial charge in [-0.2, -0.15) is 4.31 Å². The van der Waals surface area contributed by atoms with E-state index >= 15 is 0 Å². The second kappa shape index (κ2) is 6.90. The SMILES string of the molecule is CCCN1CCC(N(C)S(=O)(=O)c2ccccc2C)CC1. The summed E-state index contributed by atoms with van der Waals surface area (Å²) in [6.07, 6.45) is 2.99. The molecule has 1 aliphatic heterocycles. The van der Waals surface area contributed by atoms with Gasteiger partial charge in [0.15, 0.2) is 0 Å². The molecule has 2 rings (SSSR count). The Hall–Kier alpha value is -0.910. The van der Waals surface area contributed by atoms with Gasteiger partial charge in [-0.3, -0.25) is 0 Å². The molecule has 0 saturated carbocycles. The number of sulfonamides is 1. The molecule has 21 heavy (non-hydrogen) atoms. The van der Waals surface area contributed by atoms with E-state index in [1.54, 1.807) is 23.5 Å². The van der Waals surface area contributed by atoms with Crippen molar-refractivity contribution in [3.05, 3.63) is 29.8 Å². The minimum absolute atomic E-state index is 0.114. The average molecular weight is 310 g/mol. The minimum atomic E-state index is -3.38. The van der Waals surface area contributed by atoms with Crippen LogP contribution in [-0.4, -0.2) is 50.3 Å². The predicted octanol–water partition coefficient (Wildman–Crippen LogP) is 2.49. The van der Waals surface area contributed by atoms with Crippen LogP contribution in [0.15, 0.2) is 29.2 Å². The zero-order valence-electron chi connectivity index (χ0n) is 13.2.